The summed E-state index contributed by atoms with van der Waals surface area (Å²) in [5.41, 5.74) is 6.91. The molecule has 1 aliphatic rings. The molecule has 36 heavy (non-hydrogen) atoms. The van der Waals surface area contributed by atoms with Crippen molar-refractivity contribution in [2.75, 3.05) is 13.2 Å². The van der Waals surface area contributed by atoms with Gasteiger partial charge < -0.3 is 4.74 Å². The second-order valence-electron chi connectivity index (χ2n) is 9.07. The van der Waals surface area contributed by atoms with E-state index in [9.17, 15) is 4.79 Å². The lowest BCUT2D eigenvalue weighted by Gasteiger charge is -2.22. The smallest absolute Gasteiger partial charge is 0.346 e. The SMILES string of the molecule is CC#Cc1ccc2c(-c3ccc4c5c(ccnc35)CCO4)c(CC(=O)OOCCCC)c(C)cc2c1. The van der Waals surface area contributed by atoms with Gasteiger partial charge >= 0.3 is 5.97 Å². The van der Waals surface area contributed by atoms with E-state index in [1.165, 1.54) is 5.56 Å². The number of unbranched alkanes of at least 4 members (excludes halogenated alkanes) is 1. The lowest BCUT2D eigenvalue weighted by atomic mass is 9.86. The molecule has 0 atom stereocenters. The molecule has 0 N–H and O–H groups in total. The molecule has 5 rings (SSSR count). The molecule has 0 amide bonds. The van der Waals surface area contributed by atoms with Crippen LogP contribution in [0.25, 0.3) is 32.8 Å². The van der Waals surface area contributed by atoms with Gasteiger partial charge in [-0.05, 0) is 83.6 Å². The Kier molecular flexibility index (Phi) is 6.88. The highest BCUT2D eigenvalue weighted by molar-refractivity contribution is 6.08. The van der Waals surface area contributed by atoms with Gasteiger partial charge in [-0.3, -0.25) is 9.87 Å². The minimum atomic E-state index is -0.415. The van der Waals surface area contributed by atoms with Crippen molar-refractivity contribution in [3.05, 3.63) is 70.9 Å². The van der Waals surface area contributed by atoms with Gasteiger partial charge in [0.2, 0.25) is 0 Å². The standard InChI is InChI=1S/C31H29NO4/c1-4-6-15-35-36-28(33)19-26-20(3)17-23-18-21(7-5-2)8-9-24(23)30(26)25-10-11-27-29-22(13-16-34-27)12-14-32-31(25)29/h8-12,14,17-18H,4,6,13,15-16,19H2,1-3H3. The average Bonchev–Trinajstić information content (AvgIpc) is 2.88. The number of rotatable bonds is 7. The molecular weight excluding hydrogens is 450 g/mol. The minimum absolute atomic E-state index is 0.0964. The van der Waals surface area contributed by atoms with Gasteiger partial charge in [0.25, 0.3) is 0 Å². The molecule has 182 valence electrons. The summed E-state index contributed by atoms with van der Waals surface area (Å²) < 4.78 is 5.95. The van der Waals surface area contributed by atoms with Gasteiger partial charge in [-0.2, -0.15) is 4.89 Å². The van der Waals surface area contributed by atoms with Gasteiger partial charge in [0, 0.05) is 29.1 Å². The van der Waals surface area contributed by atoms with Crippen LogP contribution >= 0.6 is 0 Å². The summed E-state index contributed by atoms with van der Waals surface area (Å²) in [5.74, 6) is 6.56. The van der Waals surface area contributed by atoms with Gasteiger partial charge in [0.15, 0.2) is 0 Å². The molecular formula is C31H29NO4. The second-order valence-corrected chi connectivity index (χ2v) is 9.07. The monoisotopic (exact) mass is 479 g/mol. The first-order valence-corrected chi connectivity index (χ1v) is 12.5. The van der Waals surface area contributed by atoms with Crippen LogP contribution < -0.4 is 4.74 Å². The molecule has 3 aromatic carbocycles. The van der Waals surface area contributed by atoms with E-state index >= 15 is 0 Å². The Morgan fingerprint density at radius 1 is 1.17 bits per heavy atom. The highest BCUT2D eigenvalue weighted by Crippen LogP contribution is 2.42. The van der Waals surface area contributed by atoms with E-state index in [0.29, 0.717) is 13.2 Å². The van der Waals surface area contributed by atoms with Crippen molar-refractivity contribution >= 4 is 27.6 Å². The molecule has 4 aromatic rings. The van der Waals surface area contributed by atoms with Crippen molar-refractivity contribution < 1.29 is 19.3 Å². The molecule has 0 radical (unpaired) electrons. The van der Waals surface area contributed by atoms with Gasteiger partial charge in [-0.15, -0.1) is 5.92 Å². The fraction of sp³-hybridized carbons (Fsp3) is 0.290. The molecule has 0 fully saturated rings. The van der Waals surface area contributed by atoms with E-state index in [1.54, 1.807) is 0 Å². The maximum atomic E-state index is 12.8. The van der Waals surface area contributed by atoms with Gasteiger partial charge in [-0.25, -0.2) is 4.79 Å². The summed E-state index contributed by atoms with van der Waals surface area (Å²) in [5, 5.41) is 3.15. The van der Waals surface area contributed by atoms with Gasteiger partial charge in [0.05, 0.1) is 25.2 Å². The van der Waals surface area contributed by atoms with Crippen LogP contribution in [0.1, 0.15) is 48.9 Å². The average molecular weight is 480 g/mol. The maximum Gasteiger partial charge on any atom is 0.346 e. The molecule has 0 saturated heterocycles. The van der Waals surface area contributed by atoms with E-state index in [0.717, 1.165) is 74.5 Å². The lowest BCUT2D eigenvalue weighted by Crippen LogP contribution is -2.12. The van der Waals surface area contributed by atoms with Crippen molar-refractivity contribution in [1.82, 2.24) is 4.98 Å². The van der Waals surface area contributed by atoms with Crippen molar-refractivity contribution in [1.29, 1.82) is 0 Å². The van der Waals surface area contributed by atoms with E-state index in [1.807, 2.05) is 32.2 Å². The maximum absolute atomic E-state index is 12.8. The molecule has 0 aliphatic carbocycles. The topological polar surface area (TPSA) is 57.7 Å². The summed E-state index contributed by atoms with van der Waals surface area (Å²) in [6.07, 6.45) is 4.61. The Morgan fingerprint density at radius 3 is 2.89 bits per heavy atom. The zero-order chi connectivity index (χ0) is 25.1. The number of carbonyl (C=O) groups excluding carboxylic acids is 1. The molecule has 0 saturated carbocycles. The molecule has 5 nitrogen and oxygen atoms in total. The number of carbonyl (C=O) groups is 1. The van der Waals surface area contributed by atoms with Crippen LogP contribution in [0.15, 0.2) is 48.7 Å². The zero-order valence-corrected chi connectivity index (χ0v) is 20.9. The molecule has 2 heterocycles. The number of pyridine rings is 1. The van der Waals surface area contributed by atoms with E-state index in [2.05, 4.69) is 49.1 Å². The Labute approximate surface area is 211 Å². The molecule has 0 spiro atoms. The number of ether oxygens (including phenoxy) is 1. The number of hydrogen-bond acceptors (Lipinski definition) is 5. The molecule has 5 heteroatoms. The van der Waals surface area contributed by atoms with Crippen LogP contribution in [-0.4, -0.2) is 24.2 Å². The lowest BCUT2D eigenvalue weighted by molar-refractivity contribution is -0.272. The van der Waals surface area contributed by atoms with E-state index in [-0.39, 0.29) is 6.42 Å². The minimum Gasteiger partial charge on any atom is -0.493 e. The van der Waals surface area contributed by atoms with Crippen LogP contribution in [0, 0.1) is 18.8 Å². The first-order chi connectivity index (χ1) is 17.6. The molecule has 0 bridgehead atoms. The number of benzene rings is 3. The van der Waals surface area contributed by atoms with Crippen LogP contribution in [0.3, 0.4) is 0 Å². The first kappa shape index (κ1) is 23.8. The van der Waals surface area contributed by atoms with Crippen molar-refractivity contribution in [2.24, 2.45) is 0 Å². The van der Waals surface area contributed by atoms with Crippen molar-refractivity contribution in [3.63, 3.8) is 0 Å². The van der Waals surface area contributed by atoms with E-state index in [4.69, 9.17) is 19.5 Å². The predicted molar refractivity (Wildman–Crippen MR) is 142 cm³/mol. The third-order valence-corrected chi connectivity index (χ3v) is 6.63. The summed E-state index contributed by atoms with van der Waals surface area (Å²) in [6, 6.07) is 14.5. The second kappa shape index (κ2) is 10.4. The fourth-order valence-electron chi connectivity index (χ4n) is 4.94. The van der Waals surface area contributed by atoms with Crippen molar-refractivity contribution in [3.8, 4) is 28.7 Å². The third kappa shape index (κ3) is 4.53. The summed E-state index contributed by atoms with van der Waals surface area (Å²) in [4.78, 5) is 27.9. The number of aryl methyl sites for hydroxylation is 1. The summed E-state index contributed by atoms with van der Waals surface area (Å²) >= 11 is 0. The quantitative estimate of drug-likeness (QED) is 0.131. The highest BCUT2D eigenvalue weighted by Gasteiger charge is 2.23. The Balaban J connectivity index is 1.71. The predicted octanol–water partition coefficient (Wildman–Crippen LogP) is 6.49. The van der Waals surface area contributed by atoms with Crippen LogP contribution in [0.4, 0.5) is 0 Å². The number of aromatic nitrogens is 1. The molecule has 1 aliphatic heterocycles. The third-order valence-electron chi connectivity index (χ3n) is 6.63. The highest BCUT2D eigenvalue weighted by atomic mass is 17.2. The normalized spacial score (nSPS) is 12.2. The zero-order valence-electron chi connectivity index (χ0n) is 20.9. The Hall–Kier alpha value is -3.88. The van der Waals surface area contributed by atoms with Crippen LogP contribution in [-0.2, 0) is 27.4 Å². The fourth-order valence-corrected chi connectivity index (χ4v) is 4.94. The molecule has 0 unspecified atom stereocenters. The number of nitrogens with zero attached hydrogens (tertiary/aromatic N) is 1. The van der Waals surface area contributed by atoms with Crippen molar-refractivity contribution in [2.45, 2.75) is 46.5 Å². The Bertz CT molecular complexity index is 1520. The first-order valence-electron chi connectivity index (χ1n) is 12.5. The summed E-state index contributed by atoms with van der Waals surface area (Å²) in [7, 11) is 0. The molecule has 1 aromatic heterocycles. The Morgan fingerprint density at radius 2 is 2.06 bits per heavy atom. The largest absolute Gasteiger partial charge is 0.493 e. The number of fused-ring (bicyclic) bond motifs is 1. The summed E-state index contributed by atoms with van der Waals surface area (Å²) in [6.45, 7) is 6.98. The number of hydrogen-bond donors (Lipinski definition) is 0. The van der Waals surface area contributed by atoms with Crippen LogP contribution in [0.2, 0.25) is 0 Å². The van der Waals surface area contributed by atoms with Gasteiger partial charge in [0.1, 0.15) is 5.75 Å². The van der Waals surface area contributed by atoms with Gasteiger partial charge in [-0.1, -0.05) is 31.4 Å². The van der Waals surface area contributed by atoms with Crippen LogP contribution in [0.5, 0.6) is 5.75 Å². The van der Waals surface area contributed by atoms with E-state index < -0.39 is 5.97 Å².